The fourth-order valence-corrected chi connectivity index (χ4v) is 3.40. The van der Waals surface area contributed by atoms with Crippen LogP contribution in [0.15, 0.2) is 0 Å². The van der Waals surface area contributed by atoms with Gasteiger partial charge in [0.15, 0.2) is 0 Å². The van der Waals surface area contributed by atoms with Crippen LogP contribution in [0.4, 0.5) is 0 Å². The number of hydrogen-bond donors (Lipinski definition) is 1. The smallest absolute Gasteiger partial charge is 0.264 e. The average molecular weight is 358 g/mol. The number of hydrogen-bond acceptors (Lipinski definition) is 2. The maximum atomic E-state index is 10.5. The first kappa shape index (κ1) is 26.1. The van der Waals surface area contributed by atoms with Crippen molar-refractivity contribution in [3.8, 4) is 0 Å². The molecule has 0 heterocycles. The van der Waals surface area contributed by atoms with E-state index in [1.165, 1.54) is 83.5 Å². The zero-order chi connectivity index (χ0) is 16.5. The molecule has 0 atom stereocenters. The van der Waals surface area contributed by atoms with Gasteiger partial charge >= 0.3 is 0 Å². The van der Waals surface area contributed by atoms with Gasteiger partial charge in [0.05, 0.1) is 5.75 Å². The fourth-order valence-electron chi connectivity index (χ4n) is 2.83. The zero-order valence-corrected chi connectivity index (χ0v) is 18.5. The molecule has 0 aromatic rings. The summed E-state index contributed by atoms with van der Waals surface area (Å²) in [5, 5.41) is 0. The van der Waals surface area contributed by atoms with Gasteiger partial charge in [-0.3, -0.25) is 4.55 Å². The van der Waals surface area contributed by atoms with Gasteiger partial charge in [-0.25, -0.2) is 0 Å². The van der Waals surface area contributed by atoms with Crippen molar-refractivity contribution in [1.82, 2.24) is 0 Å². The van der Waals surface area contributed by atoms with Crippen molar-refractivity contribution in [2.24, 2.45) is 0 Å². The fraction of sp³-hybridized carbons (Fsp3) is 1.00. The summed E-state index contributed by atoms with van der Waals surface area (Å²) in [7, 11) is -3.74. The summed E-state index contributed by atoms with van der Waals surface area (Å²) in [6.45, 7) is 2.26. The molecule has 0 unspecified atom stereocenters. The van der Waals surface area contributed by atoms with Crippen LogP contribution < -0.4 is 0 Å². The van der Waals surface area contributed by atoms with Crippen LogP contribution in [0.3, 0.4) is 0 Å². The van der Waals surface area contributed by atoms with Gasteiger partial charge in [0.1, 0.15) is 0 Å². The number of rotatable bonds is 17. The second-order valence-corrected chi connectivity index (χ2v) is 8.16. The molecule has 0 saturated heterocycles. The Morgan fingerprint density at radius 1 is 0.565 bits per heavy atom. The van der Waals surface area contributed by atoms with Gasteiger partial charge in [0.2, 0.25) is 0 Å². The Bertz CT molecular complexity index is 318. The monoisotopic (exact) mass is 357 g/mol. The van der Waals surface area contributed by atoms with Crippen LogP contribution in [-0.4, -0.2) is 48.3 Å². The van der Waals surface area contributed by atoms with Gasteiger partial charge in [-0.15, -0.1) is 0 Å². The molecule has 0 aromatic heterocycles. The van der Waals surface area contributed by atoms with E-state index in [9.17, 15) is 8.42 Å². The molecular formula is C18H38NaO3S. The topological polar surface area (TPSA) is 54.4 Å². The van der Waals surface area contributed by atoms with Crippen LogP contribution in [0.5, 0.6) is 0 Å². The van der Waals surface area contributed by atoms with Gasteiger partial charge in [-0.1, -0.05) is 103 Å². The van der Waals surface area contributed by atoms with Crippen LogP contribution >= 0.6 is 0 Å². The van der Waals surface area contributed by atoms with Crippen LogP contribution in [0, 0.1) is 0 Å². The Hall–Kier alpha value is 0.910. The molecule has 135 valence electrons. The third-order valence-electron chi connectivity index (χ3n) is 4.26. The Kier molecular flexibility index (Phi) is 21.9. The van der Waals surface area contributed by atoms with E-state index in [4.69, 9.17) is 4.55 Å². The first-order valence-corrected chi connectivity index (χ1v) is 11.1. The molecule has 23 heavy (non-hydrogen) atoms. The minimum atomic E-state index is -3.74. The molecule has 0 aromatic carbocycles. The van der Waals surface area contributed by atoms with Gasteiger partial charge in [-0.2, -0.15) is 8.42 Å². The molecule has 0 rings (SSSR count). The van der Waals surface area contributed by atoms with Crippen molar-refractivity contribution in [1.29, 1.82) is 0 Å². The normalized spacial score (nSPS) is 11.4. The van der Waals surface area contributed by atoms with E-state index in [0.29, 0.717) is 6.42 Å². The Balaban J connectivity index is 0. The molecule has 0 fully saturated rings. The Morgan fingerprint density at radius 3 is 1.09 bits per heavy atom. The molecule has 1 N–H and O–H groups in total. The van der Waals surface area contributed by atoms with E-state index in [0.717, 1.165) is 12.8 Å². The minimum absolute atomic E-state index is 0. The summed E-state index contributed by atoms with van der Waals surface area (Å²) in [4.78, 5) is 0. The second kappa shape index (κ2) is 19.2. The minimum Gasteiger partial charge on any atom is -0.286 e. The molecule has 0 aliphatic heterocycles. The van der Waals surface area contributed by atoms with Gasteiger partial charge in [0, 0.05) is 29.6 Å². The summed E-state index contributed by atoms with van der Waals surface area (Å²) in [6.07, 6.45) is 20.3. The number of unbranched alkanes of at least 4 members (excludes halogenated alkanes) is 15. The standard InChI is InChI=1S/C18H38O3S.Na/c1-2-3-4-5-6-7-8-9-10-11-12-13-14-15-16-17-18-22(19,20)21;/h2-18H2,1H3,(H,19,20,21);. The summed E-state index contributed by atoms with van der Waals surface area (Å²) >= 11 is 0. The van der Waals surface area contributed by atoms with Crippen molar-refractivity contribution < 1.29 is 13.0 Å². The maximum Gasteiger partial charge on any atom is 0.264 e. The molecule has 5 heteroatoms. The van der Waals surface area contributed by atoms with Crippen molar-refractivity contribution in [2.75, 3.05) is 5.75 Å². The average Bonchev–Trinajstić information content (AvgIpc) is 2.45. The molecule has 3 nitrogen and oxygen atoms in total. The summed E-state index contributed by atoms with van der Waals surface area (Å²) in [5.74, 6) is -0.0779. The van der Waals surface area contributed by atoms with Crippen molar-refractivity contribution in [3.63, 3.8) is 0 Å². The Morgan fingerprint density at radius 2 is 0.826 bits per heavy atom. The van der Waals surface area contributed by atoms with Crippen molar-refractivity contribution in [2.45, 2.75) is 110 Å². The van der Waals surface area contributed by atoms with E-state index >= 15 is 0 Å². The first-order chi connectivity index (χ1) is 10.6. The van der Waals surface area contributed by atoms with E-state index in [-0.39, 0.29) is 35.3 Å². The zero-order valence-electron chi connectivity index (χ0n) is 15.7. The third-order valence-corrected chi connectivity index (χ3v) is 5.06. The molecule has 1 radical (unpaired) electrons. The molecule has 0 amide bonds. The van der Waals surface area contributed by atoms with Crippen LogP contribution in [0.1, 0.15) is 110 Å². The SMILES string of the molecule is CCCCCCCCCCCCCCCCCCS(=O)(=O)O.[Na]. The first-order valence-electron chi connectivity index (χ1n) is 9.51. The largest absolute Gasteiger partial charge is 0.286 e. The quantitative estimate of drug-likeness (QED) is 0.205. The summed E-state index contributed by atoms with van der Waals surface area (Å²) in [5.41, 5.74) is 0. The van der Waals surface area contributed by atoms with E-state index < -0.39 is 10.1 Å². The Labute approximate surface area is 167 Å². The molecular weight excluding hydrogens is 319 g/mol. The summed E-state index contributed by atoms with van der Waals surface area (Å²) in [6, 6.07) is 0. The predicted octanol–water partition coefficient (Wildman–Crippen LogP) is 5.75. The molecule has 0 spiro atoms. The predicted molar refractivity (Wildman–Crippen MR) is 102 cm³/mol. The van der Waals surface area contributed by atoms with E-state index in [1.807, 2.05) is 0 Å². The third kappa shape index (κ3) is 25.3. The summed E-state index contributed by atoms with van der Waals surface area (Å²) < 4.78 is 29.7. The van der Waals surface area contributed by atoms with Crippen LogP contribution in [0.2, 0.25) is 0 Å². The molecule has 0 saturated carbocycles. The second-order valence-electron chi connectivity index (χ2n) is 6.59. The van der Waals surface area contributed by atoms with Gasteiger partial charge in [0.25, 0.3) is 10.1 Å². The van der Waals surface area contributed by atoms with Crippen LogP contribution in [-0.2, 0) is 10.1 Å². The van der Waals surface area contributed by atoms with E-state index in [2.05, 4.69) is 6.92 Å². The van der Waals surface area contributed by atoms with Crippen molar-refractivity contribution >= 4 is 39.7 Å². The molecule has 0 aliphatic rings. The van der Waals surface area contributed by atoms with E-state index in [1.54, 1.807) is 0 Å². The maximum absolute atomic E-state index is 10.5. The van der Waals surface area contributed by atoms with Gasteiger partial charge in [-0.05, 0) is 6.42 Å². The van der Waals surface area contributed by atoms with Crippen molar-refractivity contribution in [3.05, 3.63) is 0 Å². The molecule has 0 bridgehead atoms. The van der Waals surface area contributed by atoms with Crippen LogP contribution in [0.25, 0.3) is 0 Å². The van der Waals surface area contributed by atoms with Gasteiger partial charge < -0.3 is 0 Å². The molecule has 0 aliphatic carbocycles.